The molecule has 0 N–H and O–H groups in total. The van der Waals surface area contributed by atoms with Crippen LogP contribution in [-0.4, -0.2) is 88.6 Å². The van der Waals surface area contributed by atoms with Crippen molar-refractivity contribution in [2.75, 3.05) is 50.7 Å². The van der Waals surface area contributed by atoms with Crippen LogP contribution in [0.25, 0.3) is 0 Å². The van der Waals surface area contributed by atoms with Crippen LogP contribution in [0, 0.1) is 5.92 Å². The number of rotatable bonds is 7. The zero-order valence-electron chi connectivity index (χ0n) is 18.9. The molecule has 2 unspecified atom stereocenters. The molecule has 2 atom stereocenters. The van der Waals surface area contributed by atoms with E-state index in [0.717, 1.165) is 44.6 Å². The fraction of sp³-hybridized carbons (Fsp3) is 0.826. The number of anilines is 1. The lowest BCUT2D eigenvalue weighted by molar-refractivity contribution is 0.123. The molecule has 3 aliphatic heterocycles. The van der Waals surface area contributed by atoms with Gasteiger partial charge in [-0.15, -0.1) is 0 Å². The number of likely N-dealkylation sites (tertiary alicyclic amines) is 1. The SMILES string of the molecule is CC(C)CCN1CCN(Cc2cnc(N3C4CCC3CN(C(C)C)C4)nc2)CC1. The number of piperazine rings is 2. The predicted molar refractivity (Wildman–Crippen MR) is 119 cm³/mol. The summed E-state index contributed by atoms with van der Waals surface area (Å²) in [5.74, 6) is 1.75. The number of nitrogens with zero attached hydrogens (tertiary/aromatic N) is 6. The Balaban J connectivity index is 1.28. The van der Waals surface area contributed by atoms with Crippen LogP contribution in [0.15, 0.2) is 12.4 Å². The van der Waals surface area contributed by atoms with Gasteiger partial charge in [-0.05, 0) is 45.6 Å². The summed E-state index contributed by atoms with van der Waals surface area (Å²) in [5, 5.41) is 0. The van der Waals surface area contributed by atoms with Gasteiger partial charge in [0.15, 0.2) is 0 Å². The lowest BCUT2D eigenvalue weighted by Gasteiger charge is -2.42. The van der Waals surface area contributed by atoms with Gasteiger partial charge in [-0.2, -0.15) is 0 Å². The Morgan fingerprint density at radius 3 is 2.03 bits per heavy atom. The molecular weight excluding hydrogens is 360 g/mol. The Morgan fingerprint density at radius 1 is 0.897 bits per heavy atom. The largest absolute Gasteiger partial charge is 0.332 e. The Labute approximate surface area is 177 Å². The Bertz CT molecular complexity index is 623. The summed E-state index contributed by atoms with van der Waals surface area (Å²) >= 11 is 0. The van der Waals surface area contributed by atoms with Gasteiger partial charge in [0.05, 0.1) is 0 Å². The highest BCUT2D eigenvalue weighted by molar-refractivity contribution is 5.37. The topological polar surface area (TPSA) is 38.7 Å². The average molecular weight is 401 g/mol. The molecule has 0 amide bonds. The minimum absolute atomic E-state index is 0.584. The summed E-state index contributed by atoms with van der Waals surface area (Å²) in [6.45, 7) is 18.5. The van der Waals surface area contributed by atoms with Crippen molar-refractivity contribution in [2.45, 2.75) is 71.6 Å². The van der Waals surface area contributed by atoms with Gasteiger partial charge in [0.1, 0.15) is 0 Å². The third kappa shape index (κ3) is 5.09. The molecule has 0 aromatic carbocycles. The van der Waals surface area contributed by atoms with E-state index in [4.69, 9.17) is 9.97 Å². The number of fused-ring (bicyclic) bond motifs is 2. The second kappa shape index (κ2) is 9.27. The normalized spacial score (nSPS) is 26.8. The van der Waals surface area contributed by atoms with Crippen molar-refractivity contribution in [3.05, 3.63) is 18.0 Å². The van der Waals surface area contributed by atoms with Gasteiger partial charge in [-0.3, -0.25) is 9.80 Å². The van der Waals surface area contributed by atoms with E-state index in [1.807, 2.05) is 0 Å². The fourth-order valence-corrected chi connectivity index (χ4v) is 5.12. The van der Waals surface area contributed by atoms with E-state index in [-0.39, 0.29) is 0 Å². The van der Waals surface area contributed by atoms with E-state index < -0.39 is 0 Å². The zero-order valence-corrected chi connectivity index (χ0v) is 18.9. The summed E-state index contributed by atoms with van der Waals surface area (Å²) in [5.41, 5.74) is 1.25. The van der Waals surface area contributed by atoms with E-state index in [2.05, 4.69) is 59.7 Å². The first-order valence-electron chi connectivity index (χ1n) is 11.8. The van der Waals surface area contributed by atoms with E-state index in [1.54, 1.807) is 0 Å². The molecule has 0 radical (unpaired) electrons. The molecule has 29 heavy (non-hydrogen) atoms. The van der Waals surface area contributed by atoms with Gasteiger partial charge in [-0.1, -0.05) is 13.8 Å². The van der Waals surface area contributed by atoms with Crippen LogP contribution in [0.4, 0.5) is 5.95 Å². The van der Waals surface area contributed by atoms with Crippen molar-refractivity contribution in [3.8, 4) is 0 Å². The van der Waals surface area contributed by atoms with Crippen LogP contribution in [0.2, 0.25) is 0 Å². The molecule has 6 heteroatoms. The number of hydrogen-bond acceptors (Lipinski definition) is 6. The first-order valence-corrected chi connectivity index (χ1v) is 11.8. The van der Waals surface area contributed by atoms with E-state index in [0.29, 0.717) is 18.1 Å². The molecule has 3 aliphatic rings. The first-order chi connectivity index (χ1) is 14.0. The second-order valence-electron chi connectivity index (χ2n) is 10.0. The molecule has 0 spiro atoms. The predicted octanol–water partition coefficient (Wildman–Crippen LogP) is 2.70. The lowest BCUT2D eigenvalue weighted by Crippen LogP contribution is -2.56. The van der Waals surface area contributed by atoms with Gasteiger partial charge in [0.2, 0.25) is 5.95 Å². The van der Waals surface area contributed by atoms with Crippen LogP contribution in [0.5, 0.6) is 0 Å². The maximum atomic E-state index is 4.80. The maximum absolute atomic E-state index is 4.80. The zero-order chi connectivity index (χ0) is 20.4. The van der Waals surface area contributed by atoms with Gasteiger partial charge < -0.3 is 9.80 Å². The summed E-state index contributed by atoms with van der Waals surface area (Å²) in [7, 11) is 0. The van der Waals surface area contributed by atoms with Crippen molar-refractivity contribution in [1.29, 1.82) is 0 Å². The quantitative estimate of drug-likeness (QED) is 0.701. The van der Waals surface area contributed by atoms with Gasteiger partial charge in [0.25, 0.3) is 0 Å². The van der Waals surface area contributed by atoms with E-state index in [9.17, 15) is 0 Å². The van der Waals surface area contributed by atoms with Crippen LogP contribution < -0.4 is 4.90 Å². The van der Waals surface area contributed by atoms with Crippen LogP contribution in [0.3, 0.4) is 0 Å². The molecule has 4 heterocycles. The molecule has 1 aromatic heterocycles. The highest BCUT2D eigenvalue weighted by atomic mass is 15.4. The van der Waals surface area contributed by atoms with Crippen molar-refractivity contribution >= 4 is 5.95 Å². The number of hydrogen-bond donors (Lipinski definition) is 0. The molecule has 2 bridgehead atoms. The molecule has 1 aromatic rings. The Morgan fingerprint density at radius 2 is 1.48 bits per heavy atom. The monoisotopic (exact) mass is 400 g/mol. The van der Waals surface area contributed by atoms with Crippen LogP contribution in [0.1, 0.15) is 52.5 Å². The van der Waals surface area contributed by atoms with Crippen molar-refractivity contribution in [1.82, 2.24) is 24.7 Å². The van der Waals surface area contributed by atoms with Gasteiger partial charge in [-0.25, -0.2) is 9.97 Å². The smallest absolute Gasteiger partial charge is 0.225 e. The molecule has 3 saturated heterocycles. The van der Waals surface area contributed by atoms with Crippen LogP contribution in [-0.2, 0) is 6.54 Å². The third-order valence-electron chi connectivity index (χ3n) is 7.06. The highest BCUT2D eigenvalue weighted by Gasteiger charge is 2.41. The molecule has 162 valence electrons. The minimum Gasteiger partial charge on any atom is -0.332 e. The van der Waals surface area contributed by atoms with E-state index >= 15 is 0 Å². The van der Waals surface area contributed by atoms with Gasteiger partial charge >= 0.3 is 0 Å². The molecular formula is C23H40N6. The van der Waals surface area contributed by atoms with Crippen molar-refractivity contribution in [2.24, 2.45) is 5.92 Å². The molecule has 3 fully saturated rings. The second-order valence-corrected chi connectivity index (χ2v) is 10.0. The third-order valence-corrected chi connectivity index (χ3v) is 7.06. The van der Waals surface area contributed by atoms with Gasteiger partial charge in [0, 0.05) is 81.9 Å². The Kier molecular flexibility index (Phi) is 6.72. The van der Waals surface area contributed by atoms with Crippen LogP contribution >= 0.6 is 0 Å². The first kappa shape index (κ1) is 21.0. The average Bonchev–Trinajstić information content (AvgIpc) is 2.97. The maximum Gasteiger partial charge on any atom is 0.225 e. The standard InChI is InChI=1S/C23H40N6/c1-18(2)7-8-26-9-11-27(12-10-26)15-20-13-24-23(25-14-20)29-21-5-6-22(29)17-28(16-21)19(3)4/h13-14,18-19,21-22H,5-12,15-17H2,1-4H3. The molecule has 6 nitrogen and oxygen atoms in total. The summed E-state index contributed by atoms with van der Waals surface area (Å²) < 4.78 is 0. The molecule has 4 rings (SSSR count). The molecule has 0 aliphatic carbocycles. The minimum atomic E-state index is 0.584. The van der Waals surface area contributed by atoms with Crippen molar-refractivity contribution in [3.63, 3.8) is 0 Å². The highest BCUT2D eigenvalue weighted by Crippen LogP contribution is 2.33. The fourth-order valence-electron chi connectivity index (χ4n) is 5.12. The molecule has 0 saturated carbocycles. The Hall–Kier alpha value is -1.24. The van der Waals surface area contributed by atoms with Crippen molar-refractivity contribution < 1.29 is 0 Å². The summed E-state index contributed by atoms with van der Waals surface area (Å²) in [4.78, 5) is 19.9. The summed E-state index contributed by atoms with van der Waals surface area (Å²) in [6, 6.07) is 1.80. The summed E-state index contributed by atoms with van der Waals surface area (Å²) in [6.07, 6.45) is 8.01. The number of aromatic nitrogens is 2. The van der Waals surface area contributed by atoms with E-state index in [1.165, 1.54) is 44.5 Å². The lowest BCUT2D eigenvalue weighted by atomic mass is 10.1.